The molecule has 26 heavy (non-hydrogen) atoms. The highest BCUT2D eigenvalue weighted by Crippen LogP contribution is 2.33. The van der Waals surface area contributed by atoms with E-state index in [1.165, 1.54) is 6.07 Å². The molecule has 1 atom stereocenters. The van der Waals surface area contributed by atoms with Gasteiger partial charge in [-0.25, -0.2) is 4.98 Å². The first-order valence-electron chi connectivity index (χ1n) is 8.60. The maximum absolute atomic E-state index is 13.1. The van der Waals surface area contributed by atoms with Gasteiger partial charge in [0.05, 0.1) is 17.1 Å². The lowest BCUT2D eigenvalue weighted by atomic mass is 10.1. The maximum atomic E-state index is 13.1. The van der Waals surface area contributed by atoms with Gasteiger partial charge in [-0.3, -0.25) is 9.59 Å². The second-order valence-electron chi connectivity index (χ2n) is 6.76. The van der Waals surface area contributed by atoms with Crippen LogP contribution in [0, 0.1) is 13.8 Å². The number of fused-ring (bicyclic) bond motifs is 1. The Labute approximate surface area is 155 Å². The number of pyridine rings is 1. The number of carbonyl (C=O) groups excluding carboxylic acids is 1. The number of rotatable bonds is 2. The molecule has 0 aliphatic carbocycles. The van der Waals surface area contributed by atoms with Crippen LogP contribution >= 0.6 is 11.6 Å². The molecule has 0 saturated carbocycles. The molecule has 0 unspecified atom stereocenters. The minimum atomic E-state index is -0.246. The summed E-state index contributed by atoms with van der Waals surface area (Å²) in [6.45, 7) is 4.17. The summed E-state index contributed by atoms with van der Waals surface area (Å²) in [5.41, 5.74) is 2.97. The molecular formula is C19H19ClN4O2. The molecule has 1 aliphatic rings. The van der Waals surface area contributed by atoms with Crippen LogP contribution in [0.3, 0.4) is 0 Å². The first-order chi connectivity index (χ1) is 12.4. The molecule has 0 radical (unpaired) electrons. The summed E-state index contributed by atoms with van der Waals surface area (Å²) in [6, 6.07) is 6.76. The van der Waals surface area contributed by atoms with Gasteiger partial charge in [-0.15, -0.1) is 0 Å². The van der Waals surface area contributed by atoms with Crippen molar-refractivity contribution < 1.29 is 4.79 Å². The number of nitrogens with one attached hydrogen (secondary N) is 2. The standard InChI is InChI=1S/C19H19ClN4O2/c1-10-8-16(25)17(11(2)21-10)19(26)24-7-3-4-15(24)18-22-13-6-5-12(20)9-14(13)23-18/h5-6,8-9,15H,3-4,7H2,1-2H3,(H,21,25)(H,22,23)/t15-/m0/s1. The largest absolute Gasteiger partial charge is 0.362 e. The van der Waals surface area contributed by atoms with Crippen LogP contribution in [0.1, 0.15) is 46.5 Å². The van der Waals surface area contributed by atoms with Gasteiger partial charge in [0.2, 0.25) is 0 Å². The number of benzene rings is 1. The Bertz CT molecular complexity index is 1070. The lowest BCUT2D eigenvalue weighted by Gasteiger charge is -2.23. The van der Waals surface area contributed by atoms with E-state index >= 15 is 0 Å². The van der Waals surface area contributed by atoms with Crippen LogP contribution in [0.4, 0.5) is 0 Å². The van der Waals surface area contributed by atoms with Crippen LogP contribution in [-0.4, -0.2) is 32.3 Å². The molecule has 2 aromatic heterocycles. The summed E-state index contributed by atoms with van der Waals surface area (Å²) in [4.78, 5) is 38.2. The number of aromatic amines is 2. The first kappa shape index (κ1) is 16.8. The van der Waals surface area contributed by atoms with E-state index in [-0.39, 0.29) is 22.9 Å². The van der Waals surface area contributed by atoms with Gasteiger partial charge in [-0.1, -0.05) is 11.6 Å². The average Bonchev–Trinajstić information content (AvgIpc) is 3.19. The van der Waals surface area contributed by atoms with Crippen LogP contribution in [0.5, 0.6) is 0 Å². The molecule has 1 fully saturated rings. The fraction of sp³-hybridized carbons (Fsp3) is 0.316. The summed E-state index contributed by atoms with van der Waals surface area (Å²) in [6.07, 6.45) is 1.68. The Morgan fingerprint density at radius 1 is 1.27 bits per heavy atom. The predicted octanol–water partition coefficient (Wildman–Crippen LogP) is 3.50. The van der Waals surface area contributed by atoms with Crippen LogP contribution in [0.25, 0.3) is 11.0 Å². The van der Waals surface area contributed by atoms with Gasteiger partial charge >= 0.3 is 0 Å². The molecular weight excluding hydrogens is 352 g/mol. The molecule has 2 N–H and O–H groups in total. The normalized spacial score (nSPS) is 17.2. The quantitative estimate of drug-likeness (QED) is 0.724. The summed E-state index contributed by atoms with van der Waals surface area (Å²) in [7, 11) is 0. The number of halogens is 1. The lowest BCUT2D eigenvalue weighted by Crippen LogP contribution is -2.35. The summed E-state index contributed by atoms with van der Waals surface area (Å²) >= 11 is 6.04. The zero-order valence-electron chi connectivity index (χ0n) is 14.6. The van der Waals surface area contributed by atoms with Crippen molar-refractivity contribution in [1.29, 1.82) is 0 Å². The van der Waals surface area contributed by atoms with E-state index in [4.69, 9.17) is 11.6 Å². The summed E-state index contributed by atoms with van der Waals surface area (Å²) in [5, 5.41) is 0.633. The smallest absolute Gasteiger partial charge is 0.260 e. The molecule has 0 spiro atoms. The van der Waals surface area contributed by atoms with E-state index in [1.807, 2.05) is 12.1 Å². The Morgan fingerprint density at radius 2 is 2.08 bits per heavy atom. The van der Waals surface area contributed by atoms with Crippen molar-refractivity contribution in [3.05, 3.63) is 62.3 Å². The molecule has 1 aliphatic heterocycles. The number of nitrogens with zero attached hydrogens (tertiary/aromatic N) is 2. The molecule has 4 rings (SSSR count). The molecule has 3 aromatic rings. The number of likely N-dealkylation sites (tertiary alicyclic amines) is 1. The minimum Gasteiger partial charge on any atom is -0.362 e. The second-order valence-corrected chi connectivity index (χ2v) is 7.19. The van der Waals surface area contributed by atoms with E-state index in [2.05, 4.69) is 15.0 Å². The Kier molecular flexibility index (Phi) is 4.07. The SMILES string of the molecule is Cc1cc(=O)c(C(=O)N2CCC[C@H]2c2nc3ccc(Cl)cc3[nH]2)c(C)[nH]1. The van der Waals surface area contributed by atoms with E-state index in [0.29, 0.717) is 17.3 Å². The number of hydrogen-bond acceptors (Lipinski definition) is 3. The monoisotopic (exact) mass is 370 g/mol. The Hall–Kier alpha value is -2.60. The molecule has 134 valence electrons. The Morgan fingerprint density at radius 3 is 2.85 bits per heavy atom. The third kappa shape index (κ3) is 2.80. The average molecular weight is 371 g/mol. The molecule has 6 nitrogen and oxygen atoms in total. The van der Waals surface area contributed by atoms with Gasteiger partial charge in [-0.2, -0.15) is 0 Å². The number of carbonyl (C=O) groups is 1. The van der Waals surface area contributed by atoms with Crippen molar-refractivity contribution in [2.75, 3.05) is 6.54 Å². The second kappa shape index (κ2) is 6.29. The van der Waals surface area contributed by atoms with Crippen molar-refractivity contribution in [2.45, 2.75) is 32.7 Å². The number of amides is 1. The van der Waals surface area contributed by atoms with Crippen LogP contribution < -0.4 is 5.43 Å². The van der Waals surface area contributed by atoms with Gasteiger partial charge in [-0.05, 0) is 44.9 Å². The van der Waals surface area contributed by atoms with E-state index < -0.39 is 0 Å². The van der Waals surface area contributed by atoms with Crippen LogP contribution in [0.2, 0.25) is 5.02 Å². The van der Waals surface area contributed by atoms with Crippen molar-refractivity contribution in [3.63, 3.8) is 0 Å². The molecule has 7 heteroatoms. The van der Waals surface area contributed by atoms with Crippen molar-refractivity contribution in [3.8, 4) is 0 Å². The fourth-order valence-corrected chi connectivity index (χ4v) is 3.88. The van der Waals surface area contributed by atoms with Crippen molar-refractivity contribution in [2.24, 2.45) is 0 Å². The maximum Gasteiger partial charge on any atom is 0.260 e. The van der Waals surface area contributed by atoms with Crippen LogP contribution in [-0.2, 0) is 0 Å². The zero-order chi connectivity index (χ0) is 18.4. The van der Waals surface area contributed by atoms with Crippen LogP contribution in [0.15, 0.2) is 29.1 Å². The molecule has 1 amide bonds. The van der Waals surface area contributed by atoms with Gasteiger partial charge in [0.1, 0.15) is 11.4 Å². The third-order valence-electron chi connectivity index (χ3n) is 4.86. The number of aryl methyl sites for hydroxylation is 2. The molecule has 1 aromatic carbocycles. The number of hydrogen-bond donors (Lipinski definition) is 2. The summed E-state index contributed by atoms with van der Waals surface area (Å²) < 4.78 is 0. The topological polar surface area (TPSA) is 81.8 Å². The zero-order valence-corrected chi connectivity index (χ0v) is 15.4. The number of H-pyrrole nitrogens is 2. The Balaban J connectivity index is 1.72. The minimum absolute atomic E-state index is 0.172. The predicted molar refractivity (Wildman–Crippen MR) is 101 cm³/mol. The highest BCUT2D eigenvalue weighted by molar-refractivity contribution is 6.31. The molecule has 1 saturated heterocycles. The van der Waals surface area contributed by atoms with Gasteiger partial charge < -0.3 is 14.9 Å². The number of aromatic nitrogens is 3. The third-order valence-corrected chi connectivity index (χ3v) is 5.09. The molecule has 3 heterocycles. The van der Waals surface area contributed by atoms with Gasteiger partial charge in [0, 0.05) is 29.0 Å². The fourth-order valence-electron chi connectivity index (χ4n) is 3.71. The first-order valence-corrected chi connectivity index (χ1v) is 8.98. The van der Waals surface area contributed by atoms with Crippen molar-refractivity contribution >= 4 is 28.5 Å². The van der Waals surface area contributed by atoms with Gasteiger partial charge in [0.15, 0.2) is 5.43 Å². The highest BCUT2D eigenvalue weighted by Gasteiger charge is 2.34. The lowest BCUT2D eigenvalue weighted by molar-refractivity contribution is 0.0728. The van der Waals surface area contributed by atoms with Gasteiger partial charge in [0.25, 0.3) is 5.91 Å². The molecule has 0 bridgehead atoms. The summed E-state index contributed by atoms with van der Waals surface area (Å²) in [5.74, 6) is 0.485. The van der Waals surface area contributed by atoms with E-state index in [9.17, 15) is 9.59 Å². The van der Waals surface area contributed by atoms with E-state index in [0.717, 1.165) is 35.4 Å². The highest BCUT2D eigenvalue weighted by atomic mass is 35.5. The van der Waals surface area contributed by atoms with Crippen molar-refractivity contribution in [1.82, 2.24) is 19.9 Å². The van der Waals surface area contributed by atoms with E-state index in [1.54, 1.807) is 24.8 Å². The number of imidazole rings is 1.